The van der Waals surface area contributed by atoms with Gasteiger partial charge in [0, 0.05) is 11.3 Å². The number of imide groups is 1. The highest BCUT2D eigenvalue weighted by molar-refractivity contribution is 6.21. The lowest BCUT2D eigenvalue weighted by molar-refractivity contribution is 0.0642. The fourth-order valence-electron chi connectivity index (χ4n) is 4.25. The van der Waals surface area contributed by atoms with E-state index < -0.39 is 0 Å². The Balaban J connectivity index is 1.42. The van der Waals surface area contributed by atoms with E-state index in [1.54, 1.807) is 42.5 Å². The Bertz CT molecular complexity index is 1410. The lowest BCUT2D eigenvalue weighted by Crippen LogP contribution is -2.29. The SMILES string of the molecule is COc1ccc(CN2C(=O)c3ccccc3C2=O)cc1C(=O)Nc1ccccc1-c1ccccc1. The molecule has 4 aromatic carbocycles. The molecule has 0 aromatic heterocycles. The van der Waals surface area contributed by atoms with Crippen LogP contribution in [0.2, 0.25) is 0 Å². The molecule has 0 spiro atoms. The van der Waals surface area contributed by atoms with Crippen molar-refractivity contribution in [2.75, 3.05) is 12.4 Å². The molecule has 172 valence electrons. The van der Waals surface area contributed by atoms with Crippen molar-refractivity contribution in [1.82, 2.24) is 4.90 Å². The molecule has 35 heavy (non-hydrogen) atoms. The summed E-state index contributed by atoms with van der Waals surface area (Å²) in [5, 5.41) is 2.99. The highest BCUT2D eigenvalue weighted by atomic mass is 16.5. The monoisotopic (exact) mass is 462 g/mol. The van der Waals surface area contributed by atoms with Crippen molar-refractivity contribution in [3.63, 3.8) is 0 Å². The number of carbonyl (C=O) groups is 3. The Hall–Kier alpha value is -4.71. The van der Waals surface area contributed by atoms with Crippen LogP contribution in [0.1, 0.15) is 36.6 Å². The molecule has 0 atom stereocenters. The molecule has 0 saturated carbocycles. The molecule has 0 bridgehead atoms. The summed E-state index contributed by atoms with van der Waals surface area (Å²) >= 11 is 0. The number of carbonyl (C=O) groups excluding carboxylic acids is 3. The van der Waals surface area contributed by atoms with Gasteiger partial charge in [-0.2, -0.15) is 0 Å². The fourth-order valence-corrected chi connectivity index (χ4v) is 4.25. The Morgan fingerprint density at radius 2 is 1.37 bits per heavy atom. The second-order valence-electron chi connectivity index (χ2n) is 8.14. The number of para-hydroxylation sites is 1. The molecule has 6 heteroatoms. The first-order chi connectivity index (χ1) is 17.1. The highest BCUT2D eigenvalue weighted by Crippen LogP contribution is 2.30. The first-order valence-corrected chi connectivity index (χ1v) is 11.1. The number of hydrogen-bond acceptors (Lipinski definition) is 4. The highest BCUT2D eigenvalue weighted by Gasteiger charge is 2.35. The summed E-state index contributed by atoms with van der Waals surface area (Å²) in [7, 11) is 1.49. The molecule has 1 heterocycles. The number of hydrogen-bond donors (Lipinski definition) is 1. The molecular weight excluding hydrogens is 440 g/mol. The summed E-state index contributed by atoms with van der Waals surface area (Å²) in [5.41, 5.74) is 4.27. The molecule has 0 saturated heterocycles. The van der Waals surface area contributed by atoms with Crippen LogP contribution in [0.5, 0.6) is 5.75 Å². The fraction of sp³-hybridized carbons (Fsp3) is 0.0690. The Kier molecular flexibility index (Phi) is 5.85. The zero-order valence-corrected chi connectivity index (χ0v) is 19.0. The number of methoxy groups -OCH3 is 1. The molecule has 4 aromatic rings. The number of nitrogens with one attached hydrogen (secondary N) is 1. The standard InChI is InChI=1S/C29H22N2O4/c1-35-26-16-15-19(18-31-28(33)22-12-5-6-13-23(22)29(31)34)17-24(26)27(32)30-25-14-8-7-11-21(25)20-9-3-2-4-10-20/h2-17H,18H2,1H3,(H,30,32). The quantitative estimate of drug-likeness (QED) is 0.389. The van der Waals surface area contributed by atoms with Gasteiger partial charge in [-0.15, -0.1) is 0 Å². The average Bonchev–Trinajstić information content (AvgIpc) is 3.14. The number of anilines is 1. The minimum absolute atomic E-state index is 0.0528. The van der Waals surface area contributed by atoms with E-state index in [9.17, 15) is 14.4 Å². The van der Waals surface area contributed by atoms with Crippen molar-refractivity contribution < 1.29 is 19.1 Å². The van der Waals surface area contributed by atoms with Gasteiger partial charge in [-0.25, -0.2) is 0 Å². The van der Waals surface area contributed by atoms with Crippen molar-refractivity contribution in [3.05, 3.63) is 119 Å². The van der Waals surface area contributed by atoms with Crippen molar-refractivity contribution >= 4 is 23.4 Å². The van der Waals surface area contributed by atoms with Crippen LogP contribution in [0.25, 0.3) is 11.1 Å². The number of fused-ring (bicyclic) bond motifs is 1. The summed E-state index contributed by atoms with van der Waals surface area (Å²) in [6.45, 7) is 0.0528. The van der Waals surface area contributed by atoms with E-state index in [0.29, 0.717) is 33.7 Å². The molecule has 1 N–H and O–H groups in total. The zero-order valence-electron chi connectivity index (χ0n) is 19.0. The second kappa shape index (κ2) is 9.27. The van der Waals surface area contributed by atoms with E-state index >= 15 is 0 Å². The van der Waals surface area contributed by atoms with Gasteiger partial charge in [0.05, 0.1) is 30.3 Å². The third-order valence-corrected chi connectivity index (χ3v) is 5.99. The molecular formula is C29H22N2O4. The number of nitrogens with zero attached hydrogens (tertiary/aromatic N) is 1. The van der Waals surface area contributed by atoms with Gasteiger partial charge in [0.2, 0.25) is 0 Å². The maximum Gasteiger partial charge on any atom is 0.261 e. The molecule has 3 amide bonds. The Labute approximate surface area is 202 Å². The summed E-state index contributed by atoms with van der Waals surface area (Å²) in [6.07, 6.45) is 0. The number of rotatable bonds is 6. The van der Waals surface area contributed by atoms with Crippen LogP contribution in [-0.2, 0) is 6.54 Å². The molecule has 1 aliphatic heterocycles. The molecule has 0 radical (unpaired) electrons. The Morgan fingerprint density at radius 3 is 2.03 bits per heavy atom. The summed E-state index contributed by atoms with van der Waals surface area (Å²) < 4.78 is 5.43. The van der Waals surface area contributed by atoms with E-state index in [2.05, 4.69) is 5.32 Å². The zero-order chi connectivity index (χ0) is 24.4. The molecule has 0 aliphatic carbocycles. The molecule has 6 nitrogen and oxygen atoms in total. The first kappa shape index (κ1) is 22.1. The van der Waals surface area contributed by atoms with E-state index in [4.69, 9.17) is 4.74 Å². The average molecular weight is 463 g/mol. The van der Waals surface area contributed by atoms with Crippen LogP contribution < -0.4 is 10.1 Å². The molecule has 0 fully saturated rings. The Morgan fingerprint density at radius 1 is 0.771 bits per heavy atom. The van der Waals surface area contributed by atoms with Gasteiger partial charge >= 0.3 is 0 Å². The van der Waals surface area contributed by atoms with Crippen molar-refractivity contribution in [1.29, 1.82) is 0 Å². The van der Waals surface area contributed by atoms with E-state index in [1.165, 1.54) is 12.0 Å². The van der Waals surface area contributed by atoms with E-state index in [-0.39, 0.29) is 24.3 Å². The third-order valence-electron chi connectivity index (χ3n) is 5.99. The van der Waals surface area contributed by atoms with Crippen LogP contribution in [0.4, 0.5) is 5.69 Å². The minimum atomic E-state index is -0.352. The summed E-state index contributed by atoms with van der Waals surface area (Å²) in [4.78, 5) is 40.1. The molecule has 5 rings (SSSR count). The summed E-state index contributed by atoms with van der Waals surface area (Å²) in [6, 6.07) is 29.2. The van der Waals surface area contributed by atoms with Crippen LogP contribution in [0.15, 0.2) is 97.1 Å². The third kappa shape index (κ3) is 4.17. The van der Waals surface area contributed by atoms with Crippen LogP contribution in [-0.4, -0.2) is 29.7 Å². The lowest BCUT2D eigenvalue weighted by atomic mass is 10.0. The predicted octanol–water partition coefficient (Wildman–Crippen LogP) is 5.41. The smallest absolute Gasteiger partial charge is 0.261 e. The number of amides is 3. The maximum atomic E-state index is 13.3. The van der Waals surface area contributed by atoms with Crippen LogP contribution in [0, 0.1) is 0 Å². The van der Waals surface area contributed by atoms with E-state index in [1.807, 2.05) is 54.6 Å². The van der Waals surface area contributed by atoms with Gasteiger partial charge in [-0.05, 0) is 41.5 Å². The largest absolute Gasteiger partial charge is 0.496 e. The second-order valence-corrected chi connectivity index (χ2v) is 8.14. The maximum absolute atomic E-state index is 13.3. The van der Waals surface area contributed by atoms with E-state index in [0.717, 1.165) is 11.1 Å². The topological polar surface area (TPSA) is 75.7 Å². The normalized spacial score (nSPS) is 12.4. The molecule has 0 unspecified atom stereocenters. The first-order valence-electron chi connectivity index (χ1n) is 11.1. The van der Waals surface area contributed by atoms with Gasteiger partial charge in [-0.3, -0.25) is 19.3 Å². The van der Waals surface area contributed by atoms with Gasteiger partial charge in [0.1, 0.15) is 5.75 Å². The van der Waals surface area contributed by atoms with Crippen molar-refractivity contribution in [2.45, 2.75) is 6.54 Å². The van der Waals surface area contributed by atoms with Gasteiger partial charge in [-0.1, -0.05) is 66.7 Å². The van der Waals surface area contributed by atoms with Crippen molar-refractivity contribution in [3.8, 4) is 16.9 Å². The van der Waals surface area contributed by atoms with Crippen LogP contribution >= 0.6 is 0 Å². The molecule has 1 aliphatic rings. The van der Waals surface area contributed by atoms with Crippen LogP contribution in [0.3, 0.4) is 0 Å². The minimum Gasteiger partial charge on any atom is -0.496 e. The number of ether oxygens (including phenoxy) is 1. The van der Waals surface area contributed by atoms with Gasteiger partial charge in [0.25, 0.3) is 17.7 Å². The predicted molar refractivity (Wildman–Crippen MR) is 133 cm³/mol. The van der Waals surface area contributed by atoms with Crippen molar-refractivity contribution in [2.24, 2.45) is 0 Å². The summed E-state index contributed by atoms with van der Waals surface area (Å²) in [5.74, 6) is -0.645. The van der Waals surface area contributed by atoms with Gasteiger partial charge < -0.3 is 10.1 Å². The van der Waals surface area contributed by atoms with Gasteiger partial charge in [0.15, 0.2) is 0 Å². The number of benzene rings is 4. The lowest BCUT2D eigenvalue weighted by Gasteiger charge is -2.17.